The predicted octanol–water partition coefficient (Wildman–Crippen LogP) is 3.15. The number of nitrogens with one attached hydrogen (secondary N) is 3. The SMILES string of the molecule is C1=CSCC1.CNC(=O)c1c(C(=O)NC)c2ccc(C3CCC3)cc2[nH]c1=O. The molecule has 1 saturated carbocycles. The number of aromatic amines is 1. The number of thioether (sulfide) groups is 1. The summed E-state index contributed by atoms with van der Waals surface area (Å²) in [4.78, 5) is 39.4. The van der Waals surface area contributed by atoms with Crippen molar-refractivity contribution in [3.63, 3.8) is 0 Å². The molecule has 7 heteroatoms. The lowest BCUT2D eigenvalue weighted by molar-refractivity contribution is 0.0929. The van der Waals surface area contributed by atoms with Gasteiger partial charge in [0.15, 0.2) is 0 Å². The molecule has 0 bridgehead atoms. The minimum atomic E-state index is -0.574. The Bertz CT molecular complexity index is 971. The molecule has 4 rings (SSSR count). The number of hydrogen-bond donors (Lipinski definition) is 3. The first kappa shape index (κ1) is 20.2. The molecule has 1 aromatic heterocycles. The normalized spacial score (nSPS) is 15.5. The quantitative estimate of drug-likeness (QED) is 0.739. The van der Waals surface area contributed by atoms with Crippen molar-refractivity contribution in [2.45, 2.75) is 31.6 Å². The predicted molar refractivity (Wildman–Crippen MR) is 114 cm³/mol. The maximum atomic E-state index is 12.3. The first-order valence-electron chi connectivity index (χ1n) is 9.47. The van der Waals surface area contributed by atoms with Crippen LogP contribution < -0.4 is 16.2 Å². The number of benzene rings is 1. The molecule has 2 heterocycles. The number of hydrogen-bond acceptors (Lipinski definition) is 4. The molecule has 2 aromatic rings. The van der Waals surface area contributed by atoms with Crippen LogP contribution in [0.5, 0.6) is 0 Å². The van der Waals surface area contributed by atoms with Gasteiger partial charge in [0, 0.05) is 30.8 Å². The second-order valence-electron chi connectivity index (χ2n) is 6.83. The number of carbonyl (C=O) groups excluding carboxylic acids is 2. The summed E-state index contributed by atoms with van der Waals surface area (Å²) in [7, 11) is 2.91. The summed E-state index contributed by atoms with van der Waals surface area (Å²) in [5.74, 6) is 0.802. The van der Waals surface area contributed by atoms with E-state index in [9.17, 15) is 14.4 Å². The van der Waals surface area contributed by atoms with Gasteiger partial charge in [-0.05, 0) is 42.2 Å². The van der Waals surface area contributed by atoms with Crippen molar-refractivity contribution in [3.05, 3.63) is 56.7 Å². The maximum Gasteiger partial charge on any atom is 0.262 e. The van der Waals surface area contributed by atoms with Crippen LogP contribution in [-0.4, -0.2) is 36.6 Å². The van der Waals surface area contributed by atoms with Crippen LogP contribution in [0.1, 0.15) is 57.9 Å². The van der Waals surface area contributed by atoms with Crippen molar-refractivity contribution < 1.29 is 9.59 Å². The Labute approximate surface area is 168 Å². The summed E-state index contributed by atoms with van der Waals surface area (Å²) < 4.78 is 0. The number of H-pyrrole nitrogens is 1. The first-order chi connectivity index (χ1) is 13.6. The Morgan fingerprint density at radius 2 is 1.82 bits per heavy atom. The standard InChI is InChI=1S/C17H19N3O3.C4H6S/c1-18-15(21)13-11-7-6-10(9-4-3-5-9)8-12(11)20-17(23)14(13)16(22)19-2;1-2-4-5-3-1/h6-9H,3-5H2,1-2H3,(H,18,21)(H,19,22)(H,20,23);1,3H,2,4H2. The van der Waals surface area contributed by atoms with Crippen molar-refractivity contribution in [2.75, 3.05) is 19.8 Å². The second-order valence-corrected chi connectivity index (χ2v) is 7.84. The average molecular weight is 400 g/mol. The Morgan fingerprint density at radius 3 is 2.32 bits per heavy atom. The van der Waals surface area contributed by atoms with E-state index in [0.29, 0.717) is 16.8 Å². The van der Waals surface area contributed by atoms with Crippen molar-refractivity contribution >= 4 is 34.5 Å². The van der Waals surface area contributed by atoms with E-state index >= 15 is 0 Å². The van der Waals surface area contributed by atoms with Gasteiger partial charge in [-0.3, -0.25) is 14.4 Å². The summed E-state index contributed by atoms with van der Waals surface area (Å²) >= 11 is 1.89. The molecule has 0 saturated heterocycles. The van der Waals surface area contributed by atoms with Gasteiger partial charge in [0.25, 0.3) is 17.4 Å². The molecule has 0 atom stereocenters. The van der Waals surface area contributed by atoms with Crippen LogP contribution in [0.4, 0.5) is 0 Å². The number of rotatable bonds is 3. The molecule has 0 spiro atoms. The molecule has 2 amide bonds. The van der Waals surface area contributed by atoms with Gasteiger partial charge in [0.2, 0.25) is 0 Å². The molecule has 3 N–H and O–H groups in total. The smallest absolute Gasteiger partial charge is 0.262 e. The second kappa shape index (κ2) is 9.10. The topological polar surface area (TPSA) is 91.1 Å². The Morgan fingerprint density at radius 1 is 1.11 bits per heavy atom. The van der Waals surface area contributed by atoms with E-state index in [2.05, 4.69) is 27.1 Å². The molecule has 28 heavy (non-hydrogen) atoms. The highest BCUT2D eigenvalue weighted by atomic mass is 32.2. The summed E-state index contributed by atoms with van der Waals surface area (Å²) in [6, 6.07) is 5.71. The summed E-state index contributed by atoms with van der Waals surface area (Å²) in [6.07, 6.45) is 7.00. The van der Waals surface area contributed by atoms with E-state index in [-0.39, 0.29) is 11.1 Å². The lowest BCUT2D eigenvalue weighted by Gasteiger charge is -2.26. The highest BCUT2D eigenvalue weighted by molar-refractivity contribution is 8.02. The fourth-order valence-corrected chi connectivity index (χ4v) is 4.03. The molecule has 1 aliphatic carbocycles. The fourth-order valence-electron chi connectivity index (χ4n) is 3.35. The summed E-state index contributed by atoms with van der Waals surface area (Å²) in [5.41, 5.74) is 1.16. The largest absolute Gasteiger partial charge is 0.355 e. The number of allylic oxidation sites excluding steroid dienone is 1. The third-order valence-corrected chi connectivity index (χ3v) is 5.97. The van der Waals surface area contributed by atoms with E-state index in [1.54, 1.807) is 0 Å². The minimum absolute atomic E-state index is 0.116. The number of amides is 2. The number of aromatic nitrogens is 1. The Balaban J connectivity index is 0.000000391. The number of pyridine rings is 1. The van der Waals surface area contributed by atoms with Crippen LogP contribution in [-0.2, 0) is 0 Å². The van der Waals surface area contributed by atoms with Gasteiger partial charge in [0.1, 0.15) is 5.56 Å². The third-order valence-electron chi connectivity index (χ3n) is 5.12. The van der Waals surface area contributed by atoms with Crippen molar-refractivity contribution in [3.8, 4) is 0 Å². The van der Waals surface area contributed by atoms with Crippen LogP contribution in [0.3, 0.4) is 0 Å². The molecular formula is C21H25N3O3S. The van der Waals surface area contributed by atoms with Gasteiger partial charge in [-0.2, -0.15) is 0 Å². The number of fused-ring (bicyclic) bond motifs is 1. The number of carbonyl (C=O) groups is 2. The monoisotopic (exact) mass is 399 g/mol. The van der Waals surface area contributed by atoms with E-state index in [4.69, 9.17) is 0 Å². The third kappa shape index (κ3) is 4.14. The van der Waals surface area contributed by atoms with Crippen molar-refractivity contribution in [1.82, 2.24) is 15.6 Å². The molecule has 0 radical (unpaired) electrons. The van der Waals surface area contributed by atoms with Crippen LogP contribution >= 0.6 is 11.8 Å². The van der Waals surface area contributed by atoms with E-state index in [1.807, 2.05) is 30.0 Å². The van der Waals surface area contributed by atoms with Crippen LogP contribution in [0.15, 0.2) is 34.5 Å². The Hall–Kier alpha value is -2.54. The van der Waals surface area contributed by atoms with Gasteiger partial charge in [-0.15, -0.1) is 11.8 Å². The molecule has 0 unspecified atom stereocenters. The molecular weight excluding hydrogens is 374 g/mol. The molecule has 148 valence electrons. The van der Waals surface area contributed by atoms with Gasteiger partial charge in [0.05, 0.1) is 5.56 Å². The lowest BCUT2D eigenvalue weighted by atomic mass is 9.79. The van der Waals surface area contributed by atoms with Gasteiger partial charge < -0.3 is 15.6 Å². The maximum absolute atomic E-state index is 12.3. The summed E-state index contributed by atoms with van der Waals surface area (Å²) in [6.45, 7) is 0. The zero-order valence-electron chi connectivity index (χ0n) is 16.1. The van der Waals surface area contributed by atoms with Crippen LogP contribution in [0.2, 0.25) is 0 Å². The highest BCUT2D eigenvalue weighted by Crippen LogP contribution is 2.37. The first-order valence-corrected chi connectivity index (χ1v) is 10.5. The zero-order valence-corrected chi connectivity index (χ0v) is 16.9. The van der Waals surface area contributed by atoms with Gasteiger partial charge >= 0.3 is 0 Å². The highest BCUT2D eigenvalue weighted by Gasteiger charge is 2.25. The van der Waals surface area contributed by atoms with Crippen LogP contribution in [0.25, 0.3) is 10.9 Å². The summed E-state index contributed by atoms with van der Waals surface area (Å²) in [5, 5.41) is 7.65. The van der Waals surface area contributed by atoms with E-state index in [1.165, 1.54) is 32.7 Å². The fraction of sp³-hybridized carbons (Fsp3) is 0.381. The molecule has 1 aromatic carbocycles. The molecule has 1 fully saturated rings. The van der Waals surface area contributed by atoms with Crippen LogP contribution in [0, 0.1) is 0 Å². The Kier molecular flexibility index (Phi) is 6.57. The van der Waals surface area contributed by atoms with E-state index in [0.717, 1.165) is 18.4 Å². The minimum Gasteiger partial charge on any atom is -0.355 e. The van der Waals surface area contributed by atoms with Gasteiger partial charge in [-0.25, -0.2) is 0 Å². The van der Waals surface area contributed by atoms with Crippen molar-refractivity contribution in [2.24, 2.45) is 0 Å². The van der Waals surface area contributed by atoms with Gasteiger partial charge in [-0.1, -0.05) is 24.6 Å². The lowest BCUT2D eigenvalue weighted by Crippen LogP contribution is -2.33. The molecule has 2 aliphatic rings. The molecule has 1 aliphatic heterocycles. The van der Waals surface area contributed by atoms with E-state index < -0.39 is 17.4 Å². The van der Waals surface area contributed by atoms with Crippen molar-refractivity contribution in [1.29, 1.82) is 0 Å². The zero-order chi connectivity index (χ0) is 20.1. The molecule has 6 nitrogen and oxygen atoms in total. The average Bonchev–Trinajstić information content (AvgIpc) is 3.24.